The van der Waals surface area contributed by atoms with Crippen LogP contribution < -0.4 is 19.8 Å². The zero-order chi connectivity index (χ0) is 25.5. The number of ketones is 1. The summed E-state index contributed by atoms with van der Waals surface area (Å²) in [5.41, 5.74) is -5.68. The summed E-state index contributed by atoms with van der Waals surface area (Å²) in [6, 6.07) is 8.76. The number of Topliss-reactive ketones (excluding diaryl/α,β-unsaturated/α-hetero) is 1. The standard InChI is InChI=1S/C21H17F5N4O4S/c22-12-5-6-15-16(11-12)30(10-8-27-35(33,34)21(24,25)26)20-18(17(31)7-9-29(15)20)19(32)28-14-4-2-1-3-13(14)23/h1-6,11,27H,7-10H2,(H,28,32). The Hall–Kier alpha value is -3.52. The van der Waals surface area contributed by atoms with Gasteiger partial charge in [-0.15, -0.1) is 0 Å². The number of hydrogen-bond donors (Lipinski definition) is 2. The minimum absolute atomic E-state index is 0.0677. The number of halogens is 5. The van der Waals surface area contributed by atoms with E-state index in [0.29, 0.717) is 5.69 Å². The van der Waals surface area contributed by atoms with Crippen LogP contribution in [0.25, 0.3) is 0 Å². The molecule has 0 aromatic heterocycles. The lowest BCUT2D eigenvalue weighted by molar-refractivity contribution is -0.120. The van der Waals surface area contributed by atoms with Gasteiger partial charge >= 0.3 is 15.5 Å². The van der Waals surface area contributed by atoms with Gasteiger partial charge in [-0.1, -0.05) is 12.1 Å². The van der Waals surface area contributed by atoms with Crippen LogP contribution in [0.1, 0.15) is 6.42 Å². The van der Waals surface area contributed by atoms with Crippen molar-refractivity contribution < 1.29 is 40.0 Å². The molecule has 2 heterocycles. The number of carbonyl (C=O) groups is 2. The first-order chi connectivity index (χ1) is 16.4. The molecule has 2 aromatic rings. The molecule has 14 heteroatoms. The highest BCUT2D eigenvalue weighted by atomic mass is 32.2. The smallest absolute Gasteiger partial charge is 0.325 e. The topological polar surface area (TPSA) is 98.8 Å². The molecule has 0 bridgehead atoms. The van der Waals surface area contributed by atoms with E-state index in [4.69, 9.17) is 0 Å². The Balaban J connectivity index is 1.73. The van der Waals surface area contributed by atoms with Crippen molar-refractivity contribution in [3.8, 4) is 0 Å². The first-order valence-corrected chi connectivity index (χ1v) is 11.6. The summed E-state index contributed by atoms with van der Waals surface area (Å²) in [6.45, 7) is -1.17. The van der Waals surface area contributed by atoms with Gasteiger partial charge in [-0.2, -0.15) is 13.2 Å². The molecule has 2 N–H and O–H groups in total. The molecule has 35 heavy (non-hydrogen) atoms. The van der Waals surface area contributed by atoms with Gasteiger partial charge < -0.3 is 15.1 Å². The van der Waals surface area contributed by atoms with Crippen molar-refractivity contribution >= 4 is 38.8 Å². The number of nitrogens with one attached hydrogen (secondary N) is 2. The molecule has 2 aliphatic heterocycles. The molecule has 2 aliphatic rings. The second kappa shape index (κ2) is 8.92. The average molecular weight is 516 g/mol. The van der Waals surface area contributed by atoms with Crippen molar-refractivity contribution in [2.24, 2.45) is 0 Å². The third-order valence-electron chi connectivity index (χ3n) is 5.38. The van der Waals surface area contributed by atoms with E-state index >= 15 is 0 Å². The van der Waals surface area contributed by atoms with Crippen molar-refractivity contribution in [2.45, 2.75) is 11.9 Å². The number of alkyl halides is 3. The molecular weight excluding hydrogens is 499 g/mol. The Morgan fingerprint density at radius 2 is 1.77 bits per heavy atom. The third-order valence-corrected chi connectivity index (χ3v) is 6.57. The largest absolute Gasteiger partial charge is 0.511 e. The zero-order valence-electron chi connectivity index (χ0n) is 17.7. The fourth-order valence-electron chi connectivity index (χ4n) is 3.85. The van der Waals surface area contributed by atoms with Crippen molar-refractivity contribution in [3.05, 3.63) is 65.5 Å². The van der Waals surface area contributed by atoms with Gasteiger partial charge in [-0.3, -0.25) is 9.59 Å². The van der Waals surface area contributed by atoms with Gasteiger partial charge in [0, 0.05) is 26.1 Å². The molecule has 0 aliphatic carbocycles. The van der Waals surface area contributed by atoms with Crippen LogP contribution >= 0.6 is 0 Å². The van der Waals surface area contributed by atoms with Crippen molar-refractivity contribution in [2.75, 3.05) is 34.8 Å². The highest BCUT2D eigenvalue weighted by molar-refractivity contribution is 7.90. The van der Waals surface area contributed by atoms with E-state index in [1.54, 1.807) is 0 Å². The molecular formula is C21H17F5N4O4S. The van der Waals surface area contributed by atoms with Gasteiger partial charge in [0.25, 0.3) is 5.91 Å². The van der Waals surface area contributed by atoms with Crippen LogP contribution in [0, 0.1) is 11.6 Å². The first kappa shape index (κ1) is 24.6. The summed E-state index contributed by atoms with van der Waals surface area (Å²) < 4.78 is 90.3. The average Bonchev–Trinajstić information content (AvgIpc) is 3.07. The quantitative estimate of drug-likeness (QED) is 0.453. The summed E-state index contributed by atoms with van der Waals surface area (Å²) in [5, 5.41) is 2.30. The lowest BCUT2D eigenvalue weighted by Crippen LogP contribution is -2.44. The lowest BCUT2D eigenvalue weighted by atomic mass is 10.0. The highest BCUT2D eigenvalue weighted by Gasteiger charge is 2.46. The predicted octanol–water partition coefficient (Wildman–Crippen LogP) is 2.85. The molecule has 0 saturated carbocycles. The number of carbonyl (C=O) groups excluding carboxylic acids is 2. The molecule has 0 atom stereocenters. The summed E-state index contributed by atoms with van der Waals surface area (Å²) in [7, 11) is -5.66. The number of hydrogen-bond acceptors (Lipinski definition) is 6. The van der Waals surface area contributed by atoms with Crippen LogP contribution in [0.15, 0.2) is 53.9 Å². The fraction of sp³-hybridized carbons (Fsp3) is 0.238. The van der Waals surface area contributed by atoms with Crippen LogP contribution in [0.3, 0.4) is 0 Å². The third kappa shape index (κ3) is 4.58. The minimum atomic E-state index is -5.66. The van der Waals surface area contributed by atoms with Crippen molar-refractivity contribution in [3.63, 3.8) is 0 Å². The maximum Gasteiger partial charge on any atom is 0.511 e. The van der Waals surface area contributed by atoms with Crippen LogP contribution in [-0.4, -0.2) is 45.3 Å². The van der Waals surface area contributed by atoms with Crippen LogP contribution in [0.5, 0.6) is 0 Å². The van der Waals surface area contributed by atoms with E-state index in [9.17, 15) is 40.0 Å². The Kier molecular flexibility index (Phi) is 6.27. The Morgan fingerprint density at radius 3 is 2.46 bits per heavy atom. The predicted molar refractivity (Wildman–Crippen MR) is 116 cm³/mol. The molecule has 8 nitrogen and oxygen atoms in total. The van der Waals surface area contributed by atoms with Crippen molar-refractivity contribution in [1.29, 1.82) is 0 Å². The molecule has 1 amide bonds. The van der Waals surface area contributed by atoms with Crippen LogP contribution in [0.4, 0.5) is 39.0 Å². The number of fused-ring (bicyclic) bond motifs is 3. The number of anilines is 3. The van der Waals surface area contributed by atoms with Gasteiger partial charge in [-0.05, 0) is 30.3 Å². The number of benzene rings is 2. The SMILES string of the molecule is O=C1CCN2C(=C1C(=O)Nc1ccccc1F)N(CCNS(=O)(=O)C(F)(F)F)c1cc(F)ccc12. The van der Waals surface area contributed by atoms with E-state index in [-0.39, 0.29) is 30.2 Å². The minimum Gasteiger partial charge on any atom is -0.325 e. The van der Waals surface area contributed by atoms with Gasteiger partial charge in [-0.25, -0.2) is 21.9 Å². The number of amides is 1. The summed E-state index contributed by atoms with van der Waals surface area (Å²) in [4.78, 5) is 28.5. The molecule has 0 radical (unpaired) electrons. The monoisotopic (exact) mass is 516 g/mol. The van der Waals surface area contributed by atoms with E-state index in [1.165, 1.54) is 38.8 Å². The highest BCUT2D eigenvalue weighted by Crippen LogP contribution is 2.45. The van der Waals surface area contributed by atoms with Gasteiger partial charge in [0.2, 0.25) is 0 Å². The van der Waals surface area contributed by atoms with Crippen LogP contribution in [0.2, 0.25) is 0 Å². The second-order valence-electron chi connectivity index (χ2n) is 7.59. The fourth-order valence-corrected chi connectivity index (χ4v) is 4.37. The Bertz CT molecular complexity index is 1340. The second-order valence-corrected chi connectivity index (χ2v) is 9.34. The normalized spacial score (nSPS) is 15.9. The molecule has 0 fully saturated rings. The van der Waals surface area contributed by atoms with Crippen LogP contribution in [-0.2, 0) is 19.6 Å². The van der Waals surface area contributed by atoms with E-state index < -0.39 is 57.5 Å². The molecule has 0 unspecified atom stereocenters. The molecule has 186 valence electrons. The van der Waals surface area contributed by atoms with E-state index in [1.807, 2.05) is 0 Å². The van der Waals surface area contributed by atoms with Gasteiger partial charge in [0.1, 0.15) is 23.0 Å². The molecule has 4 rings (SSSR count). The van der Waals surface area contributed by atoms with E-state index in [0.717, 1.165) is 18.2 Å². The number of nitrogens with zero attached hydrogens (tertiary/aromatic N) is 2. The Morgan fingerprint density at radius 1 is 1.06 bits per heavy atom. The molecule has 0 saturated heterocycles. The molecule has 0 spiro atoms. The maximum absolute atomic E-state index is 14.1. The summed E-state index contributed by atoms with van der Waals surface area (Å²) in [6.07, 6.45) is -0.116. The maximum atomic E-state index is 14.1. The number of sulfonamides is 1. The van der Waals surface area contributed by atoms with Gasteiger partial charge in [0.05, 0.1) is 17.1 Å². The summed E-state index contributed by atoms with van der Waals surface area (Å²) >= 11 is 0. The molecule has 2 aromatic carbocycles. The number of rotatable bonds is 6. The lowest BCUT2D eigenvalue weighted by Gasteiger charge is -2.31. The summed E-state index contributed by atoms with van der Waals surface area (Å²) in [5.74, 6) is -3.13. The van der Waals surface area contributed by atoms with Gasteiger partial charge in [0.15, 0.2) is 5.78 Å². The zero-order valence-corrected chi connectivity index (χ0v) is 18.5. The van der Waals surface area contributed by atoms with Crippen molar-refractivity contribution in [1.82, 2.24) is 4.72 Å². The Labute approximate surface area is 196 Å². The van der Waals surface area contributed by atoms with E-state index in [2.05, 4.69) is 5.32 Å². The number of para-hydroxylation sites is 1. The first-order valence-electron chi connectivity index (χ1n) is 10.1.